The molecule has 1 amide bonds. The monoisotopic (exact) mass is 351 g/mol. The first kappa shape index (κ1) is 16.6. The van der Waals surface area contributed by atoms with Crippen LogP contribution in [0.1, 0.15) is 23.2 Å². The molecule has 26 heavy (non-hydrogen) atoms. The van der Waals surface area contributed by atoms with Gasteiger partial charge in [0.05, 0.1) is 36.5 Å². The molecule has 1 aromatic carbocycles. The highest BCUT2D eigenvalue weighted by molar-refractivity contribution is 6.02. The number of fused-ring (bicyclic) bond motifs is 1. The number of hydrogen-bond acceptors (Lipinski definition) is 4. The van der Waals surface area contributed by atoms with Crippen molar-refractivity contribution < 1.29 is 14.6 Å². The number of amides is 1. The Balaban J connectivity index is 1.85. The smallest absolute Gasteiger partial charge is 0.256 e. The summed E-state index contributed by atoms with van der Waals surface area (Å²) in [6, 6.07) is 13.2. The average molecular weight is 351 g/mol. The minimum atomic E-state index is -0.109. The van der Waals surface area contributed by atoms with Crippen molar-refractivity contribution >= 4 is 11.4 Å². The molecule has 0 bridgehead atoms. The number of methoxy groups -OCH3 is 1. The molecule has 6 nitrogen and oxygen atoms in total. The first-order valence-corrected chi connectivity index (χ1v) is 8.76. The number of ether oxygens (including phenoxy) is 1. The van der Waals surface area contributed by atoms with Gasteiger partial charge in [0, 0.05) is 18.3 Å². The van der Waals surface area contributed by atoms with Crippen molar-refractivity contribution in [3.63, 3.8) is 0 Å². The van der Waals surface area contributed by atoms with Gasteiger partial charge in [0.2, 0.25) is 0 Å². The van der Waals surface area contributed by atoms with Crippen molar-refractivity contribution in [1.29, 1.82) is 0 Å². The normalized spacial score (nSPS) is 17.0. The number of rotatable bonds is 4. The Hall–Kier alpha value is -2.86. The summed E-state index contributed by atoms with van der Waals surface area (Å²) in [7, 11) is 1.63. The summed E-state index contributed by atoms with van der Waals surface area (Å²) in [5.74, 6) is 0.702. The average Bonchev–Trinajstić information content (AvgIpc) is 3.32. The molecule has 1 N–H and O–H groups in total. The lowest BCUT2D eigenvalue weighted by atomic mass is 10.1. The Kier molecular flexibility index (Phi) is 4.34. The number of nitrogens with zero attached hydrogens (tertiary/aromatic N) is 3. The third-order valence-corrected chi connectivity index (χ3v) is 4.98. The van der Waals surface area contributed by atoms with Gasteiger partial charge in [0.25, 0.3) is 5.91 Å². The van der Waals surface area contributed by atoms with Crippen LogP contribution in [-0.4, -0.2) is 51.8 Å². The molecule has 3 heterocycles. The number of hydrogen-bond donors (Lipinski definition) is 1. The maximum Gasteiger partial charge on any atom is 0.256 e. The van der Waals surface area contributed by atoms with Gasteiger partial charge in [-0.15, -0.1) is 0 Å². The zero-order chi connectivity index (χ0) is 18.1. The zero-order valence-electron chi connectivity index (χ0n) is 14.6. The molecule has 1 saturated heterocycles. The first-order valence-electron chi connectivity index (χ1n) is 8.76. The number of aliphatic hydroxyl groups excluding tert-OH is 1. The van der Waals surface area contributed by atoms with E-state index in [2.05, 4.69) is 5.10 Å². The first-order chi connectivity index (χ1) is 12.7. The molecule has 1 aliphatic heterocycles. The van der Waals surface area contributed by atoms with Crippen molar-refractivity contribution in [2.24, 2.45) is 0 Å². The maximum absolute atomic E-state index is 13.3. The summed E-state index contributed by atoms with van der Waals surface area (Å²) >= 11 is 0. The van der Waals surface area contributed by atoms with Crippen LogP contribution in [0.2, 0.25) is 0 Å². The summed E-state index contributed by atoms with van der Waals surface area (Å²) in [6.07, 6.45) is 3.47. The van der Waals surface area contributed by atoms with Crippen LogP contribution in [-0.2, 0) is 0 Å². The van der Waals surface area contributed by atoms with Gasteiger partial charge in [0.15, 0.2) is 0 Å². The molecular formula is C20H21N3O3. The number of aromatic nitrogens is 2. The summed E-state index contributed by atoms with van der Waals surface area (Å²) in [5, 5.41) is 14.0. The lowest BCUT2D eigenvalue weighted by molar-refractivity contribution is 0.0678. The summed E-state index contributed by atoms with van der Waals surface area (Å²) < 4.78 is 7.03. The van der Waals surface area contributed by atoms with E-state index in [9.17, 15) is 9.90 Å². The van der Waals surface area contributed by atoms with E-state index >= 15 is 0 Å². The van der Waals surface area contributed by atoms with E-state index in [-0.39, 0.29) is 18.6 Å². The Labute approximate surface area is 151 Å². The van der Waals surface area contributed by atoms with Gasteiger partial charge < -0.3 is 14.7 Å². The number of carbonyl (C=O) groups excluding carboxylic acids is 1. The van der Waals surface area contributed by atoms with Crippen LogP contribution < -0.4 is 4.74 Å². The molecule has 6 heteroatoms. The van der Waals surface area contributed by atoms with Gasteiger partial charge in [0.1, 0.15) is 5.75 Å². The van der Waals surface area contributed by atoms with Crippen molar-refractivity contribution in [3.8, 4) is 17.0 Å². The molecule has 4 rings (SSSR count). The van der Waals surface area contributed by atoms with E-state index in [1.165, 1.54) is 0 Å². The van der Waals surface area contributed by atoms with E-state index in [4.69, 9.17) is 4.74 Å². The molecule has 2 aromatic heterocycles. The Morgan fingerprint density at radius 3 is 2.85 bits per heavy atom. The van der Waals surface area contributed by atoms with Crippen LogP contribution in [0, 0.1) is 0 Å². The van der Waals surface area contributed by atoms with Crippen LogP contribution in [0.4, 0.5) is 0 Å². The highest BCUT2D eigenvalue weighted by atomic mass is 16.5. The lowest BCUT2D eigenvalue weighted by Crippen LogP contribution is -2.37. The molecule has 1 aliphatic rings. The highest BCUT2D eigenvalue weighted by Crippen LogP contribution is 2.31. The minimum Gasteiger partial charge on any atom is -0.497 e. The van der Waals surface area contributed by atoms with Gasteiger partial charge in [-0.05, 0) is 55.3 Å². The fraction of sp³-hybridized carbons (Fsp3) is 0.300. The second kappa shape index (κ2) is 6.80. The largest absolute Gasteiger partial charge is 0.497 e. The third kappa shape index (κ3) is 2.72. The minimum absolute atomic E-state index is 0.00473. The molecule has 0 unspecified atom stereocenters. The molecule has 0 spiro atoms. The van der Waals surface area contributed by atoms with Gasteiger partial charge in [-0.3, -0.25) is 4.79 Å². The summed E-state index contributed by atoms with van der Waals surface area (Å²) in [6.45, 7) is 0.668. The van der Waals surface area contributed by atoms with Crippen LogP contribution in [0.15, 0.2) is 48.7 Å². The topological polar surface area (TPSA) is 67.1 Å². The van der Waals surface area contributed by atoms with E-state index < -0.39 is 0 Å². The van der Waals surface area contributed by atoms with E-state index in [0.717, 1.165) is 35.4 Å². The molecule has 134 valence electrons. The molecule has 1 atom stereocenters. The number of carbonyl (C=O) groups is 1. The van der Waals surface area contributed by atoms with Crippen molar-refractivity contribution in [2.45, 2.75) is 18.9 Å². The molecule has 1 fully saturated rings. The lowest BCUT2D eigenvalue weighted by Gasteiger charge is -2.23. The SMILES string of the molecule is COc1ccc(-c2c(C(=O)N3CCC[C@H]3CO)cc3cccnn23)cc1. The fourth-order valence-corrected chi connectivity index (χ4v) is 3.65. The van der Waals surface area contributed by atoms with Crippen LogP contribution >= 0.6 is 0 Å². The quantitative estimate of drug-likeness (QED) is 0.785. The maximum atomic E-state index is 13.3. The predicted octanol–water partition coefficient (Wildman–Crippen LogP) is 2.61. The van der Waals surface area contributed by atoms with Crippen LogP contribution in [0.3, 0.4) is 0 Å². The van der Waals surface area contributed by atoms with Gasteiger partial charge in [-0.25, -0.2) is 4.52 Å². The van der Waals surface area contributed by atoms with Crippen molar-refractivity contribution in [2.75, 3.05) is 20.3 Å². The fourth-order valence-electron chi connectivity index (χ4n) is 3.65. The molecule has 0 saturated carbocycles. The van der Waals surface area contributed by atoms with Gasteiger partial charge >= 0.3 is 0 Å². The van der Waals surface area contributed by atoms with E-state index in [1.807, 2.05) is 42.5 Å². The van der Waals surface area contributed by atoms with Crippen molar-refractivity contribution in [3.05, 3.63) is 54.2 Å². The molecular weight excluding hydrogens is 330 g/mol. The number of likely N-dealkylation sites (tertiary alicyclic amines) is 1. The summed E-state index contributed by atoms with van der Waals surface area (Å²) in [5.41, 5.74) is 3.13. The van der Waals surface area contributed by atoms with Crippen molar-refractivity contribution in [1.82, 2.24) is 14.5 Å². The van der Waals surface area contributed by atoms with Gasteiger partial charge in [-0.2, -0.15) is 5.10 Å². The third-order valence-electron chi connectivity index (χ3n) is 4.98. The second-order valence-corrected chi connectivity index (χ2v) is 6.47. The Morgan fingerprint density at radius 1 is 1.31 bits per heavy atom. The molecule has 0 radical (unpaired) electrons. The standard InChI is InChI=1S/C20H21N3O3/c1-26-17-8-6-14(7-9-17)19-18(12-15-4-2-10-21-23(15)19)20(25)22-11-3-5-16(22)13-24/h2,4,6-10,12,16,24H,3,5,11,13H2,1H3/t16-/m0/s1. The van der Waals surface area contributed by atoms with Crippen LogP contribution in [0.25, 0.3) is 16.8 Å². The number of benzene rings is 1. The molecule has 0 aliphatic carbocycles. The Morgan fingerprint density at radius 2 is 2.12 bits per heavy atom. The Bertz CT molecular complexity index is 933. The van der Waals surface area contributed by atoms with E-state index in [1.54, 1.807) is 22.7 Å². The predicted molar refractivity (Wildman–Crippen MR) is 98.3 cm³/mol. The van der Waals surface area contributed by atoms with E-state index in [0.29, 0.717) is 12.1 Å². The number of aliphatic hydroxyl groups is 1. The zero-order valence-corrected chi connectivity index (χ0v) is 14.6. The summed E-state index contributed by atoms with van der Waals surface area (Å²) in [4.78, 5) is 15.0. The van der Waals surface area contributed by atoms with Crippen LogP contribution in [0.5, 0.6) is 5.75 Å². The van der Waals surface area contributed by atoms with Gasteiger partial charge in [-0.1, -0.05) is 0 Å². The molecule has 3 aromatic rings. The highest BCUT2D eigenvalue weighted by Gasteiger charge is 2.31. The second-order valence-electron chi connectivity index (χ2n) is 6.47.